The molecule has 116 valence electrons. The summed E-state index contributed by atoms with van der Waals surface area (Å²) in [5, 5.41) is 0.871. The average molecular weight is 315 g/mol. The molecule has 0 aliphatic rings. The molecular weight excluding hydrogens is 303 g/mol. The molecule has 2 nitrogen and oxygen atoms in total. The van der Waals surface area contributed by atoms with Crippen LogP contribution >= 0.6 is 0 Å². The molecule has 0 unspecified atom stereocenters. The van der Waals surface area contributed by atoms with Crippen LogP contribution in [0.2, 0.25) is 0 Å². The van der Waals surface area contributed by atoms with Gasteiger partial charge in [-0.1, -0.05) is 30.3 Å². The van der Waals surface area contributed by atoms with Crippen LogP contribution in [-0.2, 0) is 12.6 Å². The number of alkyl halides is 3. The van der Waals surface area contributed by atoms with Crippen LogP contribution < -0.4 is 0 Å². The molecule has 0 radical (unpaired) electrons. The Bertz CT molecular complexity index is 849. The number of pyridine rings is 1. The van der Waals surface area contributed by atoms with Gasteiger partial charge in [0.05, 0.1) is 11.1 Å². The molecular formula is C18H12F3NO. The van der Waals surface area contributed by atoms with Gasteiger partial charge < -0.3 is 0 Å². The van der Waals surface area contributed by atoms with Crippen molar-refractivity contribution in [1.29, 1.82) is 0 Å². The maximum Gasteiger partial charge on any atom is 0.416 e. The van der Waals surface area contributed by atoms with Crippen molar-refractivity contribution in [3.63, 3.8) is 0 Å². The number of para-hydroxylation sites is 1. The Hall–Kier alpha value is -2.69. The van der Waals surface area contributed by atoms with E-state index in [0.29, 0.717) is 0 Å². The molecule has 0 fully saturated rings. The van der Waals surface area contributed by atoms with Gasteiger partial charge in [-0.05, 0) is 29.8 Å². The highest BCUT2D eigenvalue weighted by Crippen LogP contribution is 2.29. The summed E-state index contributed by atoms with van der Waals surface area (Å²) < 4.78 is 37.7. The third-order valence-electron chi connectivity index (χ3n) is 3.62. The van der Waals surface area contributed by atoms with E-state index < -0.39 is 11.7 Å². The Morgan fingerprint density at radius 1 is 0.957 bits per heavy atom. The van der Waals surface area contributed by atoms with E-state index in [1.807, 2.05) is 24.3 Å². The summed E-state index contributed by atoms with van der Waals surface area (Å²) in [6, 6.07) is 13.5. The first-order valence-electron chi connectivity index (χ1n) is 6.98. The quantitative estimate of drug-likeness (QED) is 0.657. The second kappa shape index (κ2) is 5.83. The van der Waals surface area contributed by atoms with Crippen molar-refractivity contribution in [3.05, 3.63) is 77.5 Å². The summed E-state index contributed by atoms with van der Waals surface area (Å²) in [5.41, 5.74) is 1.09. The van der Waals surface area contributed by atoms with Gasteiger partial charge in [0.15, 0.2) is 5.78 Å². The van der Waals surface area contributed by atoms with Crippen molar-refractivity contribution >= 4 is 16.7 Å². The second-order valence-electron chi connectivity index (χ2n) is 5.16. The van der Waals surface area contributed by atoms with Gasteiger partial charge in [0, 0.05) is 23.6 Å². The number of Topliss-reactive ketones (excluding diaryl/α,β-unsaturated/α-hetero) is 1. The summed E-state index contributed by atoms with van der Waals surface area (Å²) in [7, 11) is 0. The van der Waals surface area contributed by atoms with Crippen LogP contribution in [0.1, 0.15) is 21.5 Å². The van der Waals surface area contributed by atoms with Crippen molar-refractivity contribution in [3.8, 4) is 0 Å². The molecule has 0 saturated heterocycles. The Morgan fingerprint density at radius 2 is 1.65 bits per heavy atom. The van der Waals surface area contributed by atoms with E-state index in [4.69, 9.17) is 0 Å². The standard InChI is InChI=1S/C18H12F3NO/c19-18(20,21)14-7-5-12(6-8-14)17(23)11-13-9-10-22-16-4-2-1-3-15(13)16/h1-10H,11H2. The van der Waals surface area contributed by atoms with Crippen molar-refractivity contribution < 1.29 is 18.0 Å². The predicted molar refractivity (Wildman–Crippen MR) is 81.2 cm³/mol. The van der Waals surface area contributed by atoms with Crippen LogP contribution in [0.25, 0.3) is 10.9 Å². The van der Waals surface area contributed by atoms with E-state index in [9.17, 15) is 18.0 Å². The molecule has 2 aromatic carbocycles. The number of carbonyl (C=O) groups is 1. The van der Waals surface area contributed by atoms with E-state index in [-0.39, 0.29) is 17.8 Å². The molecule has 1 aromatic heterocycles. The zero-order valence-corrected chi connectivity index (χ0v) is 12.0. The van der Waals surface area contributed by atoms with Crippen molar-refractivity contribution in [2.24, 2.45) is 0 Å². The molecule has 3 aromatic rings. The van der Waals surface area contributed by atoms with Crippen LogP contribution in [0.3, 0.4) is 0 Å². The van der Waals surface area contributed by atoms with Gasteiger partial charge in [-0.25, -0.2) is 0 Å². The van der Waals surface area contributed by atoms with Crippen LogP contribution in [0.4, 0.5) is 13.2 Å². The van der Waals surface area contributed by atoms with E-state index in [0.717, 1.165) is 28.6 Å². The van der Waals surface area contributed by atoms with Crippen molar-refractivity contribution in [2.75, 3.05) is 0 Å². The number of rotatable bonds is 3. The zero-order valence-electron chi connectivity index (χ0n) is 12.0. The Labute approximate surface area is 130 Å². The summed E-state index contributed by atoms with van der Waals surface area (Å²) >= 11 is 0. The Morgan fingerprint density at radius 3 is 2.35 bits per heavy atom. The summed E-state index contributed by atoms with van der Waals surface area (Å²) in [6.07, 6.45) is -2.66. The summed E-state index contributed by atoms with van der Waals surface area (Å²) in [5.74, 6) is -0.227. The lowest BCUT2D eigenvalue weighted by molar-refractivity contribution is -0.137. The third kappa shape index (κ3) is 3.23. The molecule has 0 bridgehead atoms. The number of nitrogens with zero attached hydrogens (tertiary/aromatic N) is 1. The van der Waals surface area contributed by atoms with E-state index in [1.54, 1.807) is 12.3 Å². The predicted octanol–water partition coefficient (Wildman–Crippen LogP) is 4.68. The number of benzene rings is 2. The van der Waals surface area contributed by atoms with Gasteiger partial charge in [-0.2, -0.15) is 13.2 Å². The van der Waals surface area contributed by atoms with Crippen LogP contribution in [0, 0.1) is 0 Å². The summed E-state index contributed by atoms with van der Waals surface area (Å²) in [4.78, 5) is 16.5. The molecule has 3 rings (SSSR count). The van der Waals surface area contributed by atoms with E-state index >= 15 is 0 Å². The lowest BCUT2D eigenvalue weighted by Gasteiger charge is -2.08. The minimum atomic E-state index is -4.40. The molecule has 0 aliphatic carbocycles. The number of hydrogen-bond donors (Lipinski definition) is 0. The molecule has 5 heteroatoms. The molecule has 0 atom stereocenters. The van der Waals surface area contributed by atoms with E-state index in [1.165, 1.54) is 12.1 Å². The first-order chi connectivity index (χ1) is 10.9. The number of ketones is 1. The van der Waals surface area contributed by atoms with Gasteiger partial charge in [0.25, 0.3) is 0 Å². The minimum absolute atomic E-state index is 0.119. The van der Waals surface area contributed by atoms with Crippen LogP contribution in [0.5, 0.6) is 0 Å². The second-order valence-corrected chi connectivity index (χ2v) is 5.16. The van der Waals surface area contributed by atoms with Crippen molar-refractivity contribution in [2.45, 2.75) is 12.6 Å². The van der Waals surface area contributed by atoms with Gasteiger partial charge >= 0.3 is 6.18 Å². The largest absolute Gasteiger partial charge is 0.416 e. The number of carbonyl (C=O) groups excluding carboxylic acids is 1. The normalized spacial score (nSPS) is 11.6. The monoisotopic (exact) mass is 315 g/mol. The minimum Gasteiger partial charge on any atom is -0.294 e. The molecule has 0 amide bonds. The summed E-state index contributed by atoms with van der Waals surface area (Å²) in [6.45, 7) is 0. The Balaban J connectivity index is 1.86. The van der Waals surface area contributed by atoms with Crippen molar-refractivity contribution in [1.82, 2.24) is 4.98 Å². The lowest BCUT2D eigenvalue weighted by Crippen LogP contribution is -2.07. The SMILES string of the molecule is O=C(Cc1ccnc2ccccc12)c1ccc(C(F)(F)F)cc1. The van der Waals surface area contributed by atoms with Gasteiger partial charge in [-0.15, -0.1) is 0 Å². The first-order valence-corrected chi connectivity index (χ1v) is 6.98. The fourth-order valence-corrected chi connectivity index (χ4v) is 2.43. The third-order valence-corrected chi connectivity index (χ3v) is 3.62. The average Bonchev–Trinajstić information content (AvgIpc) is 2.54. The van der Waals surface area contributed by atoms with Gasteiger partial charge in [0.1, 0.15) is 0 Å². The smallest absolute Gasteiger partial charge is 0.294 e. The molecule has 1 heterocycles. The fraction of sp³-hybridized carbons (Fsp3) is 0.111. The molecule has 0 N–H and O–H groups in total. The maximum atomic E-state index is 12.6. The lowest BCUT2D eigenvalue weighted by atomic mass is 9.99. The molecule has 23 heavy (non-hydrogen) atoms. The topological polar surface area (TPSA) is 30.0 Å². The van der Waals surface area contributed by atoms with Crippen LogP contribution in [-0.4, -0.2) is 10.8 Å². The highest BCUT2D eigenvalue weighted by molar-refractivity contribution is 5.99. The Kier molecular flexibility index (Phi) is 3.86. The van der Waals surface area contributed by atoms with E-state index in [2.05, 4.69) is 4.98 Å². The fourth-order valence-electron chi connectivity index (χ4n) is 2.43. The molecule has 0 aliphatic heterocycles. The number of aromatic nitrogens is 1. The highest BCUT2D eigenvalue weighted by Gasteiger charge is 2.30. The first kappa shape index (κ1) is 15.2. The van der Waals surface area contributed by atoms with Gasteiger partial charge in [-0.3, -0.25) is 9.78 Å². The number of fused-ring (bicyclic) bond motifs is 1. The zero-order chi connectivity index (χ0) is 16.4. The highest BCUT2D eigenvalue weighted by atomic mass is 19.4. The van der Waals surface area contributed by atoms with Gasteiger partial charge in [0.2, 0.25) is 0 Å². The maximum absolute atomic E-state index is 12.6. The number of hydrogen-bond acceptors (Lipinski definition) is 2. The molecule has 0 saturated carbocycles. The molecule has 0 spiro atoms. The number of halogens is 3. The van der Waals surface area contributed by atoms with Crippen LogP contribution in [0.15, 0.2) is 60.8 Å².